The standard InChI is InChI=1S/C22H23NO3/c1-2-17(23)16-24-20-13-21(25-18-9-5-3-6-10-18)15-22(14-20)26-19-11-7-4-8-12-19/h3-15,17H,2,16,23H2,1H3. The van der Waals surface area contributed by atoms with Gasteiger partial charge in [0.05, 0.1) is 0 Å². The van der Waals surface area contributed by atoms with E-state index in [-0.39, 0.29) is 6.04 Å². The lowest BCUT2D eigenvalue weighted by Crippen LogP contribution is -2.26. The van der Waals surface area contributed by atoms with Crippen molar-refractivity contribution in [2.45, 2.75) is 19.4 Å². The third-order valence-corrected chi connectivity index (χ3v) is 3.80. The Morgan fingerprint density at radius 1 is 0.692 bits per heavy atom. The highest BCUT2D eigenvalue weighted by molar-refractivity contribution is 5.45. The molecule has 3 aromatic carbocycles. The van der Waals surface area contributed by atoms with Crippen molar-refractivity contribution in [1.82, 2.24) is 0 Å². The predicted molar refractivity (Wildman–Crippen MR) is 103 cm³/mol. The van der Waals surface area contributed by atoms with Crippen molar-refractivity contribution in [1.29, 1.82) is 0 Å². The van der Waals surface area contributed by atoms with Gasteiger partial charge in [0.15, 0.2) is 0 Å². The minimum Gasteiger partial charge on any atom is -0.492 e. The highest BCUT2D eigenvalue weighted by Gasteiger charge is 2.08. The van der Waals surface area contributed by atoms with Crippen LogP contribution in [0.1, 0.15) is 13.3 Å². The first kappa shape index (κ1) is 17.8. The van der Waals surface area contributed by atoms with E-state index in [1.54, 1.807) is 0 Å². The van der Waals surface area contributed by atoms with Crippen LogP contribution in [0.5, 0.6) is 28.7 Å². The maximum Gasteiger partial charge on any atom is 0.134 e. The number of rotatable bonds is 8. The van der Waals surface area contributed by atoms with E-state index < -0.39 is 0 Å². The van der Waals surface area contributed by atoms with Gasteiger partial charge in [-0.15, -0.1) is 0 Å². The fourth-order valence-electron chi connectivity index (χ4n) is 2.32. The summed E-state index contributed by atoms with van der Waals surface area (Å²) in [5.41, 5.74) is 5.96. The number of para-hydroxylation sites is 2. The summed E-state index contributed by atoms with van der Waals surface area (Å²) in [7, 11) is 0. The third kappa shape index (κ3) is 5.26. The van der Waals surface area contributed by atoms with Gasteiger partial charge in [0.2, 0.25) is 0 Å². The zero-order chi connectivity index (χ0) is 18.2. The van der Waals surface area contributed by atoms with Gasteiger partial charge in [0.1, 0.15) is 35.4 Å². The molecule has 0 saturated heterocycles. The number of nitrogens with two attached hydrogens (primary N) is 1. The second-order valence-electron chi connectivity index (χ2n) is 5.95. The summed E-state index contributed by atoms with van der Waals surface area (Å²) >= 11 is 0. The van der Waals surface area contributed by atoms with Crippen LogP contribution < -0.4 is 19.9 Å². The Labute approximate surface area is 154 Å². The first-order chi connectivity index (χ1) is 12.7. The van der Waals surface area contributed by atoms with Crippen LogP contribution in [0, 0.1) is 0 Å². The fraction of sp³-hybridized carbons (Fsp3) is 0.182. The van der Waals surface area contributed by atoms with Crippen LogP contribution in [0.4, 0.5) is 0 Å². The molecule has 0 spiro atoms. The summed E-state index contributed by atoms with van der Waals surface area (Å²) in [5.74, 6) is 3.45. The molecular formula is C22H23NO3. The second-order valence-corrected chi connectivity index (χ2v) is 5.95. The highest BCUT2D eigenvalue weighted by Crippen LogP contribution is 2.33. The van der Waals surface area contributed by atoms with E-state index in [1.807, 2.05) is 85.8 Å². The Morgan fingerprint density at radius 2 is 1.15 bits per heavy atom. The monoisotopic (exact) mass is 349 g/mol. The molecule has 0 amide bonds. The molecule has 134 valence electrons. The van der Waals surface area contributed by atoms with Gasteiger partial charge >= 0.3 is 0 Å². The summed E-state index contributed by atoms with van der Waals surface area (Å²) in [4.78, 5) is 0. The highest BCUT2D eigenvalue weighted by atomic mass is 16.5. The molecule has 4 heteroatoms. The van der Waals surface area contributed by atoms with E-state index in [9.17, 15) is 0 Å². The predicted octanol–water partition coefficient (Wildman–Crippen LogP) is 5.39. The molecule has 26 heavy (non-hydrogen) atoms. The summed E-state index contributed by atoms with van der Waals surface area (Å²) in [6, 6.07) is 24.7. The minimum atomic E-state index is -0.00723. The van der Waals surface area contributed by atoms with E-state index in [0.29, 0.717) is 23.9 Å². The van der Waals surface area contributed by atoms with Crippen LogP contribution in [0.3, 0.4) is 0 Å². The zero-order valence-corrected chi connectivity index (χ0v) is 14.8. The molecule has 0 aromatic heterocycles. The Kier molecular flexibility index (Phi) is 6.12. The first-order valence-corrected chi connectivity index (χ1v) is 8.72. The van der Waals surface area contributed by atoms with Crippen molar-refractivity contribution < 1.29 is 14.2 Å². The largest absolute Gasteiger partial charge is 0.492 e. The van der Waals surface area contributed by atoms with Crippen LogP contribution in [0.2, 0.25) is 0 Å². The molecule has 0 fully saturated rings. The van der Waals surface area contributed by atoms with Gasteiger partial charge in [0.25, 0.3) is 0 Å². The lowest BCUT2D eigenvalue weighted by molar-refractivity contribution is 0.283. The summed E-state index contributed by atoms with van der Waals surface area (Å²) < 4.78 is 17.7. The molecule has 0 aliphatic heterocycles. The summed E-state index contributed by atoms with van der Waals surface area (Å²) in [6.45, 7) is 2.48. The van der Waals surface area contributed by atoms with Gasteiger partial charge in [0, 0.05) is 24.2 Å². The average molecular weight is 349 g/mol. The van der Waals surface area contributed by atoms with E-state index in [4.69, 9.17) is 19.9 Å². The molecule has 1 unspecified atom stereocenters. The van der Waals surface area contributed by atoms with Gasteiger partial charge in [-0.2, -0.15) is 0 Å². The molecule has 0 bridgehead atoms. The molecule has 0 heterocycles. The van der Waals surface area contributed by atoms with E-state index >= 15 is 0 Å². The van der Waals surface area contributed by atoms with Gasteiger partial charge in [-0.25, -0.2) is 0 Å². The number of ether oxygens (including phenoxy) is 3. The second kappa shape index (κ2) is 8.92. The van der Waals surface area contributed by atoms with Crippen molar-refractivity contribution in [2.24, 2.45) is 5.73 Å². The Hall–Kier alpha value is -2.98. The van der Waals surface area contributed by atoms with Crippen molar-refractivity contribution in [2.75, 3.05) is 6.61 Å². The van der Waals surface area contributed by atoms with Gasteiger partial charge in [-0.3, -0.25) is 0 Å². The normalized spacial score (nSPS) is 11.6. The molecular weight excluding hydrogens is 326 g/mol. The molecule has 3 aromatic rings. The maximum atomic E-state index is 5.96. The van der Waals surface area contributed by atoms with Crippen LogP contribution >= 0.6 is 0 Å². The van der Waals surface area contributed by atoms with Crippen LogP contribution in [0.25, 0.3) is 0 Å². The molecule has 0 aliphatic rings. The van der Waals surface area contributed by atoms with Crippen LogP contribution in [-0.4, -0.2) is 12.6 Å². The van der Waals surface area contributed by atoms with E-state index in [0.717, 1.165) is 17.9 Å². The first-order valence-electron chi connectivity index (χ1n) is 8.72. The lowest BCUT2D eigenvalue weighted by Gasteiger charge is -2.15. The number of benzene rings is 3. The third-order valence-electron chi connectivity index (χ3n) is 3.80. The van der Waals surface area contributed by atoms with Gasteiger partial charge in [-0.1, -0.05) is 43.3 Å². The van der Waals surface area contributed by atoms with Crippen molar-refractivity contribution in [3.05, 3.63) is 78.9 Å². The molecule has 4 nitrogen and oxygen atoms in total. The summed E-state index contributed by atoms with van der Waals surface area (Å²) in [6.07, 6.45) is 0.855. The van der Waals surface area contributed by atoms with Crippen molar-refractivity contribution >= 4 is 0 Å². The van der Waals surface area contributed by atoms with Gasteiger partial charge < -0.3 is 19.9 Å². The van der Waals surface area contributed by atoms with Crippen LogP contribution in [0.15, 0.2) is 78.9 Å². The fourth-order valence-corrected chi connectivity index (χ4v) is 2.32. The summed E-state index contributed by atoms with van der Waals surface area (Å²) in [5, 5.41) is 0. The van der Waals surface area contributed by atoms with E-state index in [1.165, 1.54) is 0 Å². The number of hydrogen-bond acceptors (Lipinski definition) is 4. The smallest absolute Gasteiger partial charge is 0.134 e. The molecule has 2 N–H and O–H groups in total. The quantitative estimate of drug-likeness (QED) is 0.592. The topological polar surface area (TPSA) is 53.7 Å². The minimum absolute atomic E-state index is 0.00723. The zero-order valence-electron chi connectivity index (χ0n) is 14.8. The Balaban J connectivity index is 1.83. The Bertz CT molecular complexity index is 746. The average Bonchev–Trinajstić information content (AvgIpc) is 2.67. The SMILES string of the molecule is CCC(N)COc1cc(Oc2ccccc2)cc(Oc2ccccc2)c1. The number of hydrogen-bond donors (Lipinski definition) is 1. The maximum absolute atomic E-state index is 5.96. The Morgan fingerprint density at radius 3 is 1.62 bits per heavy atom. The van der Waals surface area contributed by atoms with Gasteiger partial charge in [-0.05, 0) is 30.7 Å². The van der Waals surface area contributed by atoms with Crippen LogP contribution in [-0.2, 0) is 0 Å². The van der Waals surface area contributed by atoms with E-state index in [2.05, 4.69) is 0 Å². The lowest BCUT2D eigenvalue weighted by atomic mass is 10.2. The van der Waals surface area contributed by atoms with Crippen molar-refractivity contribution in [3.63, 3.8) is 0 Å². The molecule has 1 atom stereocenters. The molecule has 0 aliphatic carbocycles. The van der Waals surface area contributed by atoms with Crippen molar-refractivity contribution in [3.8, 4) is 28.7 Å². The molecule has 0 saturated carbocycles. The molecule has 3 rings (SSSR count). The molecule has 0 radical (unpaired) electrons.